The van der Waals surface area contributed by atoms with Crippen LogP contribution in [0.5, 0.6) is 11.5 Å². The zero-order valence-corrected chi connectivity index (χ0v) is 19.4. The number of nitrogens with zero attached hydrogens (tertiary/aromatic N) is 1. The summed E-state index contributed by atoms with van der Waals surface area (Å²) < 4.78 is 11.2. The van der Waals surface area contributed by atoms with Gasteiger partial charge < -0.3 is 19.9 Å². The van der Waals surface area contributed by atoms with Crippen LogP contribution in [0.25, 0.3) is 6.08 Å². The van der Waals surface area contributed by atoms with Crippen molar-refractivity contribution in [1.29, 1.82) is 5.26 Å². The van der Waals surface area contributed by atoms with Crippen molar-refractivity contribution >= 4 is 46.8 Å². The minimum Gasteiger partial charge on any atom is -0.493 e. The molecule has 0 unspecified atom stereocenters. The number of carboxylic acid groups (broad SMARTS) is 1. The fourth-order valence-corrected chi connectivity index (χ4v) is 3.41. The van der Waals surface area contributed by atoms with Crippen molar-refractivity contribution in [2.24, 2.45) is 0 Å². The third kappa shape index (κ3) is 6.29. The molecule has 0 saturated heterocycles. The highest BCUT2D eigenvalue weighted by Gasteiger charge is 2.15. The zero-order valence-electron chi connectivity index (χ0n) is 17.8. The fourth-order valence-electron chi connectivity index (χ4n) is 2.94. The van der Waals surface area contributed by atoms with Gasteiger partial charge in [-0.05, 0) is 59.7 Å². The lowest BCUT2D eigenvalue weighted by Crippen LogP contribution is -2.13. The number of carbonyl (C=O) groups is 2. The number of anilines is 1. The number of amides is 1. The molecule has 3 rings (SSSR count). The lowest BCUT2D eigenvalue weighted by atomic mass is 10.1. The SMILES string of the molecule is COc1cc(/C=C(\C#N)C(=O)Nc2cccc(Cl)c2)cc(Cl)c1OCc1ccc(C(=O)O)cc1. The molecule has 0 aromatic heterocycles. The van der Waals surface area contributed by atoms with Crippen LogP contribution in [0.1, 0.15) is 21.5 Å². The van der Waals surface area contributed by atoms with E-state index >= 15 is 0 Å². The first kappa shape index (κ1) is 24.6. The number of nitrogens with one attached hydrogen (secondary N) is 1. The number of methoxy groups -OCH3 is 1. The normalized spacial score (nSPS) is 10.8. The van der Waals surface area contributed by atoms with Gasteiger partial charge in [0.05, 0.1) is 17.7 Å². The van der Waals surface area contributed by atoms with Gasteiger partial charge in [0.2, 0.25) is 0 Å². The largest absolute Gasteiger partial charge is 0.493 e. The number of carboxylic acids is 1. The van der Waals surface area contributed by atoms with Crippen LogP contribution < -0.4 is 14.8 Å². The van der Waals surface area contributed by atoms with E-state index < -0.39 is 11.9 Å². The van der Waals surface area contributed by atoms with Crippen LogP contribution in [0.4, 0.5) is 5.69 Å². The molecule has 1 amide bonds. The van der Waals surface area contributed by atoms with E-state index in [1.165, 1.54) is 31.4 Å². The Labute approximate surface area is 205 Å². The number of nitriles is 1. The molecule has 9 heteroatoms. The number of benzene rings is 3. The van der Waals surface area contributed by atoms with Gasteiger partial charge in [-0.25, -0.2) is 4.79 Å². The van der Waals surface area contributed by atoms with E-state index in [1.807, 2.05) is 6.07 Å². The number of hydrogen-bond acceptors (Lipinski definition) is 5. The van der Waals surface area contributed by atoms with Gasteiger partial charge in [-0.2, -0.15) is 5.26 Å². The van der Waals surface area contributed by atoms with Gasteiger partial charge in [-0.1, -0.05) is 41.4 Å². The molecule has 172 valence electrons. The van der Waals surface area contributed by atoms with Crippen LogP contribution in [0, 0.1) is 11.3 Å². The molecule has 0 fully saturated rings. The van der Waals surface area contributed by atoms with E-state index in [0.717, 1.165) is 5.56 Å². The monoisotopic (exact) mass is 496 g/mol. The van der Waals surface area contributed by atoms with Crippen LogP contribution >= 0.6 is 23.2 Å². The molecular formula is C25H18Cl2N2O5. The Morgan fingerprint density at radius 1 is 1.12 bits per heavy atom. The molecule has 3 aromatic carbocycles. The van der Waals surface area contributed by atoms with Crippen molar-refractivity contribution in [3.8, 4) is 17.6 Å². The highest BCUT2D eigenvalue weighted by atomic mass is 35.5. The second kappa shape index (κ2) is 11.2. The number of hydrogen-bond donors (Lipinski definition) is 2. The summed E-state index contributed by atoms with van der Waals surface area (Å²) >= 11 is 12.3. The minimum absolute atomic E-state index is 0.122. The summed E-state index contributed by atoms with van der Waals surface area (Å²) in [7, 11) is 1.44. The Morgan fingerprint density at radius 3 is 2.47 bits per heavy atom. The van der Waals surface area contributed by atoms with E-state index in [4.69, 9.17) is 37.8 Å². The number of aromatic carboxylic acids is 1. The standard InChI is InChI=1S/C25H18Cl2N2O5/c1-33-22-11-16(9-18(13-28)24(30)29-20-4-2-3-19(26)12-20)10-21(27)23(22)34-14-15-5-7-17(8-6-15)25(31)32/h2-12H,14H2,1H3,(H,29,30)(H,31,32)/b18-9+. The summed E-state index contributed by atoms with van der Waals surface area (Å²) in [6.45, 7) is 0.122. The average Bonchev–Trinajstić information content (AvgIpc) is 2.81. The first-order valence-electron chi connectivity index (χ1n) is 9.82. The van der Waals surface area contributed by atoms with Gasteiger partial charge in [0.25, 0.3) is 5.91 Å². The molecular weight excluding hydrogens is 479 g/mol. The van der Waals surface area contributed by atoms with Gasteiger partial charge in [0.15, 0.2) is 11.5 Å². The first-order chi connectivity index (χ1) is 16.3. The van der Waals surface area contributed by atoms with Crippen molar-refractivity contribution in [3.05, 3.63) is 93.0 Å². The second-order valence-corrected chi connectivity index (χ2v) is 7.80. The quantitative estimate of drug-likeness (QED) is 0.300. The van der Waals surface area contributed by atoms with E-state index in [-0.39, 0.29) is 28.5 Å². The third-order valence-corrected chi connectivity index (χ3v) is 5.11. The van der Waals surface area contributed by atoms with Crippen molar-refractivity contribution in [3.63, 3.8) is 0 Å². The van der Waals surface area contributed by atoms with Gasteiger partial charge in [-0.15, -0.1) is 0 Å². The number of halogens is 2. The van der Waals surface area contributed by atoms with Crippen LogP contribution in [0.2, 0.25) is 10.0 Å². The molecule has 3 aromatic rings. The molecule has 0 atom stereocenters. The third-order valence-electron chi connectivity index (χ3n) is 4.59. The summed E-state index contributed by atoms with van der Waals surface area (Å²) in [5, 5.41) is 21.7. The van der Waals surface area contributed by atoms with E-state index in [1.54, 1.807) is 42.5 Å². The molecule has 7 nitrogen and oxygen atoms in total. The summed E-state index contributed by atoms with van der Waals surface area (Å²) in [5.41, 5.74) is 1.66. The molecule has 0 bridgehead atoms. The van der Waals surface area contributed by atoms with E-state index in [9.17, 15) is 14.9 Å². The maximum absolute atomic E-state index is 12.5. The Kier molecular flexibility index (Phi) is 8.14. The highest BCUT2D eigenvalue weighted by molar-refractivity contribution is 6.32. The average molecular weight is 497 g/mol. The van der Waals surface area contributed by atoms with Gasteiger partial charge in [-0.3, -0.25) is 4.79 Å². The molecule has 2 N–H and O–H groups in total. The minimum atomic E-state index is -1.01. The van der Waals surface area contributed by atoms with Gasteiger partial charge >= 0.3 is 5.97 Å². The van der Waals surface area contributed by atoms with Crippen molar-refractivity contribution in [2.45, 2.75) is 6.61 Å². The molecule has 0 heterocycles. The number of rotatable bonds is 8. The molecule has 0 radical (unpaired) electrons. The number of carbonyl (C=O) groups excluding carboxylic acids is 1. The Balaban J connectivity index is 1.79. The second-order valence-electron chi connectivity index (χ2n) is 6.96. The predicted molar refractivity (Wildman–Crippen MR) is 129 cm³/mol. The number of ether oxygens (including phenoxy) is 2. The summed E-state index contributed by atoms with van der Waals surface area (Å²) in [6, 6.07) is 17.8. The van der Waals surface area contributed by atoms with Gasteiger partial charge in [0, 0.05) is 10.7 Å². The van der Waals surface area contributed by atoms with Crippen LogP contribution in [0.3, 0.4) is 0 Å². The summed E-state index contributed by atoms with van der Waals surface area (Å²) in [5.74, 6) is -1.05. The summed E-state index contributed by atoms with van der Waals surface area (Å²) in [6.07, 6.45) is 1.38. The van der Waals surface area contributed by atoms with Crippen molar-refractivity contribution < 1.29 is 24.2 Å². The topological polar surface area (TPSA) is 109 Å². The van der Waals surface area contributed by atoms with Crippen LogP contribution in [-0.2, 0) is 11.4 Å². The zero-order chi connectivity index (χ0) is 24.7. The van der Waals surface area contributed by atoms with Crippen LogP contribution in [0.15, 0.2) is 66.2 Å². The Hall–Kier alpha value is -3.99. The smallest absolute Gasteiger partial charge is 0.335 e. The van der Waals surface area contributed by atoms with Crippen LogP contribution in [-0.4, -0.2) is 24.1 Å². The predicted octanol–water partition coefficient (Wildman–Crippen LogP) is 5.82. The molecule has 0 aliphatic heterocycles. The first-order valence-corrected chi connectivity index (χ1v) is 10.6. The lowest BCUT2D eigenvalue weighted by molar-refractivity contribution is -0.112. The lowest BCUT2D eigenvalue weighted by Gasteiger charge is -2.14. The van der Waals surface area contributed by atoms with Crippen molar-refractivity contribution in [1.82, 2.24) is 0 Å². The maximum Gasteiger partial charge on any atom is 0.335 e. The van der Waals surface area contributed by atoms with Gasteiger partial charge in [0.1, 0.15) is 18.2 Å². The summed E-state index contributed by atoms with van der Waals surface area (Å²) in [4.78, 5) is 23.5. The molecule has 34 heavy (non-hydrogen) atoms. The van der Waals surface area contributed by atoms with E-state index in [0.29, 0.717) is 22.0 Å². The van der Waals surface area contributed by atoms with Crippen molar-refractivity contribution in [2.75, 3.05) is 12.4 Å². The maximum atomic E-state index is 12.5. The molecule has 0 spiro atoms. The van der Waals surface area contributed by atoms with E-state index in [2.05, 4.69) is 5.32 Å². The molecule has 0 aliphatic rings. The Bertz CT molecular complexity index is 1300. The molecule has 0 saturated carbocycles. The molecule has 0 aliphatic carbocycles. The Morgan fingerprint density at radius 2 is 1.85 bits per heavy atom. The fraction of sp³-hybridized carbons (Fsp3) is 0.0800. The highest BCUT2D eigenvalue weighted by Crippen LogP contribution is 2.37.